The Kier molecular flexibility index (Phi) is 6.06. The zero-order valence-corrected chi connectivity index (χ0v) is 18.1. The van der Waals surface area contributed by atoms with Gasteiger partial charge in [0, 0.05) is 39.4 Å². The topological polar surface area (TPSA) is 78.8 Å². The van der Waals surface area contributed by atoms with E-state index in [-0.39, 0.29) is 17.6 Å². The molecule has 2 amide bonds. The number of aryl methyl sites for hydroxylation is 1. The first kappa shape index (κ1) is 21.1. The van der Waals surface area contributed by atoms with Crippen LogP contribution in [0.2, 0.25) is 0 Å². The van der Waals surface area contributed by atoms with Crippen LogP contribution in [0.4, 0.5) is 16.2 Å². The Bertz CT molecular complexity index is 1090. The maximum Gasteiger partial charge on any atom is 0.329 e. The van der Waals surface area contributed by atoms with Crippen LogP contribution in [0.15, 0.2) is 78.2 Å². The van der Waals surface area contributed by atoms with Gasteiger partial charge in [-0.25, -0.2) is 18.2 Å². The molecule has 3 aromatic rings. The number of hydrogen-bond acceptors (Lipinski definition) is 4. The summed E-state index contributed by atoms with van der Waals surface area (Å²) in [5, 5.41) is 0.0324. The third-order valence-corrected chi connectivity index (χ3v) is 7.02. The molecule has 4 rings (SSSR count). The number of amides is 2. The molecule has 0 N–H and O–H groups in total. The summed E-state index contributed by atoms with van der Waals surface area (Å²) in [6, 6.07) is 18.8. The molecule has 0 atom stereocenters. The fourth-order valence-corrected chi connectivity index (χ4v) is 5.08. The molecule has 0 unspecified atom stereocenters. The number of carbonyl (C=O) groups is 1. The highest BCUT2D eigenvalue weighted by Crippen LogP contribution is 2.27. The highest BCUT2D eigenvalue weighted by molar-refractivity contribution is 7.89. The Balaban J connectivity index is 1.56. The van der Waals surface area contributed by atoms with Gasteiger partial charge in [-0.1, -0.05) is 36.4 Å². The van der Waals surface area contributed by atoms with E-state index in [1.54, 1.807) is 21.4 Å². The second kappa shape index (κ2) is 8.91. The maximum absolute atomic E-state index is 13.5. The van der Waals surface area contributed by atoms with E-state index in [9.17, 15) is 13.2 Å². The van der Waals surface area contributed by atoms with Crippen LogP contribution in [0.3, 0.4) is 0 Å². The molecule has 0 radical (unpaired) electrons. The van der Waals surface area contributed by atoms with Gasteiger partial charge in [0.1, 0.15) is 0 Å². The van der Waals surface area contributed by atoms with E-state index in [1.807, 2.05) is 60.7 Å². The van der Waals surface area contributed by atoms with E-state index >= 15 is 0 Å². The molecule has 1 aliphatic rings. The number of anilines is 2. The van der Waals surface area contributed by atoms with Crippen LogP contribution in [-0.4, -0.2) is 59.4 Å². The smallest absolute Gasteiger partial charge is 0.329 e. The molecule has 0 spiro atoms. The van der Waals surface area contributed by atoms with Crippen molar-refractivity contribution in [2.75, 3.05) is 31.1 Å². The Morgan fingerprint density at radius 1 is 0.903 bits per heavy atom. The Morgan fingerprint density at radius 3 is 2.06 bits per heavy atom. The van der Waals surface area contributed by atoms with Gasteiger partial charge in [-0.3, -0.25) is 4.90 Å². The van der Waals surface area contributed by atoms with Crippen molar-refractivity contribution in [3.8, 4) is 0 Å². The summed E-state index contributed by atoms with van der Waals surface area (Å²) in [6.07, 6.45) is 3.52. The first-order chi connectivity index (χ1) is 15.0. The van der Waals surface area contributed by atoms with Crippen molar-refractivity contribution in [2.24, 2.45) is 7.05 Å². The van der Waals surface area contributed by atoms with Gasteiger partial charge in [-0.2, -0.15) is 4.31 Å². The summed E-state index contributed by atoms with van der Waals surface area (Å²) >= 11 is 0. The summed E-state index contributed by atoms with van der Waals surface area (Å²) in [7, 11) is -1.96. The van der Waals surface area contributed by atoms with Crippen molar-refractivity contribution >= 4 is 27.4 Å². The lowest BCUT2D eigenvalue weighted by atomic mass is 10.2. The van der Waals surface area contributed by atoms with E-state index in [0.717, 1.165) is 11.4 Å². The van der Waals surface area contributed by atoms with Gasteiger partial charge in [0.15, 0.2) is 5.03 Å². The van der Waals surface area contributed by atoms with E-state index in [0.29, 0.717) is 26.1 Å². The number of sulfonamides is 1. The van der Waals surface area contributed by atoms with Crippen LogP contribution in [0, 0.1) is 0 Å². The molecule has 0 aliphatic carbocycles. The van der Waals surface area contributed by atoms with Gasteiger partial charge in [0.25, 0.3) is 10.0 Å². The minimum absolute atomic E-state index is 0.0324. The van der Waals surface area contributed by atoms with E-state index in [2.05, 4.69) is 4.98 Å². The Hall–Kier alpha value is -3.17. The number of rotatable bonds is 4. The van der Waals surface area contributed by atoms with Crippen molar-refractivity contribution in [1.82, 2.24) is 18.8 Å². The number of carbonyl (C=O) groups excluding carboxylic acids is 1. The molecule has 0 bridgehead atoms. The average molecular weight is 440 g/mol. The van der Waals surface area contributed by atoms with Crippen molar-refractivity contribution < 1.29 is 13.2 Å². The first-order valence-corrected chi connectivity index (χ1v) is 11.6. The van der Waals surface area contributed by atoms with Gasteiger partial charge in [-0.05, 0) is 30.7 Å². The molecule has 1 aliphatic heterocycles. The SMILES string of the molecule is Cn1cnc(S(=O)(=O)N2CCCN(C(=O)N(c3ccccc3)c3ccccc3)CC2)c1. The quantitative estimate of drug-likeness (QED) is 0.626. The van der Waals surface area contributed by atoms with Crippen LogP contribution in [0.1, 0.15) is 6.42 Å². The summed E-state index contributed by atoms with van der Waals surface area (Å²) in [5.74, 6) is 0. The second-order valence-corrected chi connectivity index (χ2v) is 9.30. The molecule has 8 nitrogen and oxygen atoms in total. The molecule has 1 fully saturated rings. The minimum atomic E-state index is -3.69. The third-order valence-electron chi connectivity index (χ3n) is 5.23. The first-order valence-electron chi connectivity index (χ1n) is 10.1. The molecule has 31 heavy (non-hydrogen) atoms. The molecular weight excluding hydrogens is 414 g/mol. The van der Waals surface area contributed by atoms with Gasteiger partial charge in [-0.15, -0.1) is 0 Å². The maximum atomic E-state index is 13.5. The predicted molar refractivity (Wildman–Crippen MR) is 119 cm³/mol. The zero-order chi connectivity index (χ0) is 21.8. The van der Waals surface area contributed by atoms with Crippen LogP contribution in [0.25, 0.3) is 0 Å². The largest absolute Gasteiger partial charge is 0.339 e. The number of para-hydroxylation sites is 2. The predicted octanol–water partition coefficient (Wildman–Crippen LogP) is 3.07. The number of imidazole rings is 1. The van der Waals surface area contributed by atoms with Crippen LogP contribution in [-0.2, 0) is 17.1 Å². The highest BCUT2D eigenvalue weighted by atomic mass is 32.2. The van der Waals surface area contributed by atoms with Gasteiger partial charge < -0.3 is 9.47 Å². The minimum Gasteiger partial charge on any atom is -0.339 e. The van der Waals surface area contributed by atoms with Gasteiger partial charge >= 0.3 is 6.03 Å². The molecule has 2 heterocycles. The number of urea groups is 1. The second-order valence-electron chi connectivity index (χ2n) is 7.41. The fraction of sp³-hybridized carbons (Fsp3) is 0.273. The standard InChI is InChI=1S/C22H25N5O3S/c1-24-17-21(23-18-24)31(29,30)26-14-8-13-25(15-16-26)22(28)27(19-9-4-2-5-10-19)20-11-6-3-7-12-20/h2-7,9-12,17-18H,8,13-16H2,1H3. The molecule has 1 aromatic heterocycles. The van der Waals surface area contributed by atoms with Crippen molar-refractivity contribution in [3.63, 3.8) is 0 Å². The van der Waals surface area contributed by atoms with E-state index in [1.165, 1.54) is 16.8 Å². The summed E-state index contributed by atoms with van der Waals surface area (Å²) in [6.45, 7) is 1.35. The zero-order valence-electron chi connectivity index (χ0n) is 17.3. The monoisotopic (exact) mass is 439 g/mol. The van der Waals surface area contributed by atoms with Gasteiger partial charge in [0.05, 0.1) is 17.7 Å². The van der Waals surface area contributed by atoms with Crippen molar-refractivity contribution in [3.05, 3.63) is 73.2 Å². The third kappa shape index (κ3) is 4.47. The number of nitrogens with zero attached hydrogens (tertiary/aromatic N) is 5. The Morgan fingerprint density at radius 2 is 1.52 bits per heavy atom. The molecule has 9 heteroatoms. The lowest BCUT2D eigenvalue weighted by molar-refractivity contribution is 0.210. The molecule has 162 valence electrons. The molecule has 0 saturated carbocycles. The van der Waals surface area contributed by atoms with E-state index in [4.69, 9.17) is 0 Å². The fourth-order valence-electron chi connectivity index (χ4n) is 3.65. The average Bonchev–Trinajstić information content (AvgIpc) is 3.07. The summed E-state index contributed by atoms with van der Waals surface area (Å²) in [5.41, 5.74) is 1.53. The van der Waals surface area contributed by atoms with Crippen LogP contribution in [0.5, 0.6) is 0 Å². The lowest BCUT2D eigenvalue weighted by Crippen LogP contribution is -2.43. The number of benzene rings is 2. The van der Waals surface area contributed by atoms with Gasteiger partial charge in [0.2, 0.25) is 0 Å². The van der Waals surface area contributed by atoms with Crippen molar-refractivity contribution in [2.45, 2.75) is 11.4 Å². The van der Waals surface area contributed by atoms with Crippen LogP contribution >= 0.6 is 0 Å². The highest BCUT2D eigenvalue weighted by Gasteiger charge is 2.31. The lowest BCUT2D eigenvalue weighted by Gasteiger charge is -2.30. The summed E-state index contributed by atoms with van der Waals surface area (Å²) < 4.78 is 28.9. The molecule has 2 aromatic carbocycles. The number of hydrogen-bond donors (Lipinski definition) is 0. The molecule has 1 saturated heterocycles. The Labute approximate surface area is 182 Å². The van der Waals surface area contributed by atoms with Crippen LogP contribution < -0.4 is 4.90 Å². The summed E-state index contributed by atoms with van der Waals surface area (Å²) in [4.78, 5) is 20.9. The van der Waals surface area contributed by atoms with E-state index < -0.39 is 10.0 Å². The molecular formula is C22H25N5O3S. The normalized spacial score (nSPS) is 15.5. The van der Waals surface area contributed by atoms with Crippen molar-refractivity contribution in [1.29, 1.82) is 0 Å². The number of aromatic nitrogens is 2.